The third-order valence-corrected chi connectivity index (χ3v) is 5.45. The SMILES string of the molecule is O=C(Nc1cccc2cccnc12)C1(c2cc(-c3ccc(Cl)cc3)on2)CC1. The molecular formula is C22H16ClN3O2. The molecule has 1 N–H and O–H groups in total. The lowest BCUT2D eigenvalue weighted by molar-refractivity contribution is -0.118. The Hall–Kier alpha value is -3.18. The maximum atomic E-state index is 13.1. The number of anilines is 1. The molecule has 1 aliphatic rings. The number of rotatable bonds is 4. The summed E-state index contributed by atoms with van der Waals surface area (Å²) in [7, 11) is 0. The molecule has 2 aromatic heterocycles. The first-order valence-electron chi connectivity index (χ1n) is 9.04. The maximum absolute atomic E-state index is 13.1. The Kier molecular flexibility index (Phi) is 3.91. The van der Waals surface area contributed by atoms with Gasteiger partial charge < -0.3 is 9.84 Å². The van der Waals surface area contributed by atoms with Crippen LogP contribution in [0.1, 0.15) is 18.5 Å². The van der Waals surface area contributed by atoms with Crippen LogP contribution in [0.25, 0.3) is 22.2 Å². The van der Waals surface area contributed by atoms with E-state index in [2.05, 4.69) is 15.5 Å². The molecule has 1 saturated carbocycles. The molecule has 1 fully saturated rings. The van der Waals surface area contributed by atoms with Crippen molar-refractivity contribution in [1.82, 2.24) is 10.1 Å². The van der Waals surface area contributed by atoms with Gasteiger partial charge >= 0.3 is 0 Å². The average Bonchev–Trinajstić information content (AvgIpc) is 3.39. The van der Waals surface area contributed by atoms with E-state index in [9.17, 15) is 4.79 Å². The minimum atomic E-state index is -0.648. The number of carbonyl (C=O) groups is 1. The summed E-state index contributed by atoms with van der Waals surface area (Å²) in [6, 6.07) is 18.8. The number of para-hydroxylation sites is 1. The van der Waals surface area contributed by atoms with Crippen molar-refractivity contribution >= 4 is 34.1 Å². The molecule has 5 nitrogen and oxygen atoms in total. The predicted molar refractivity (Wildman–Crippen MR) is 108 cm³/mol. The second-order valence-corrected chi connectivity index (χ2v) is 7.44. The van der Waals surface area contributed by atoms with Crippen LogP contribution >= 0.6 is 11.6 Å². The molecule has 6 heteroatoms. The Morgan fingerprint density at radius 1 is 1.07 bits per heavy atom. The number of carbonyl (C=O) groups excluding carboxylic acids is 1. The van der Waals surface area contributed by atoms with Crippen molar-refractivity contribution < 1.29 is 9.32 Å². The zero-order valence-electron chi connectivity index (χ0n) is 14.9. The van der Waals surface area contributed by atoms with E-state index in [1.165, 1.54) is 0 Å². The van der Waals surface area contributed by atoms with Gasteiger partial charge in [0.15, 0.2) is 5.76 Å². The van der Waals surface area contributed by atoms with Gasteiger partial charge in [-0.05, 0) is 49.2 Å². The van der Waals surface area contributed by atoms with Crippen LogP contribution in [0.3, 0.4) is 0 Å². The molecule has 0 saturated heterocycles. The molecule has 1 aliphatic carbocycles. The van der Waals surface area contributed by atoms with Crippen LogP contribution in [0.15, 0.2) is 71.4 Å². The number of nitrogens with one attached hydrogen (secondary N) is 1. The van der Waals surface area contributed by atoms with Crippen molar-refractivity contribution in [2.24, 2.45) is 0 Å². The second-order valence-electron chi connectivity index (χ2n) is 7.00. The van der Waals surface area contributed by atoms with Crippen LogP contribution in [0.4, 0.5) is 5.69 Å². The van der Waals surface area contributed by atoms with Gasteiger partial charge in [-0.2, -0.15) is 0 Å². The molecule has 0 radical (unpaired) electrons. The van der Waals surface area contributed by atoms with E-state index in [-0.39, 0.29) is 5.91 Å². The number of amides is 1. The standard InChI is InChI=1S/C22H16ClN3O2/c23-16-8-6-14(7-9-16)18-13-19(26-28-18)22(10-11-22)21(27)25-17-5-1-3-15-4-2-12-24-20(15)17/h1-9,12-13H,10-11H2,(H,25,27). The summed E-state index contributed by atoms with van der Waals surface area (Å²) >= 11 is 5.94. The molecule has 5 rings (SSSR count). The Morgan fingerprint density at radius 2 is 1.86 bits per heavy atom. The molecule has 0 aliphatic heterocycles. The Balaban J connectivity index is 1.43. The molecule has 0 atom stereocenters. The summed E-state index contributed by atoms with van der Waals surface area (Å²) in [5, 5.41) is 8.87. The molecule has 4 aromatic rings. The summed E-state index contributed by atoms with van der Waals surface area (Å²) in [4.78, 5) is 17.5. The molecule has 1 amide bonds. The number of pyridine rings is 1. The molecule has 2 aromatic carbocycles. The van der Waals surface area contributed by atoms with Crippen LogP contribution in [-0.4, -0.2) is 16.0 Å². The van der Waals surface area contributed by atoms with Gasteiger partial charge in [-0.25, -0.2) is 0 Å². The Bertz CT molecular complexity index is 1170. The fraction of sp³-hybridized carbons (Fsp3) is 0.136. The van der Waals surface area contributed by atoms with E-state index < -0.39 is 5.41 Å². The smallest absolute Gasteiger partial charge is 0.236 e. The van der Waals surface area contributed by atoms with Crippen LogP contribution in [-0.2, 0) is 10.2 Å². The molecular weight excluding hydrogens is 374 g/mol. The Morgan fingerprint density at radius 3 is 2.64 bits per heavy atom. The molecule has 0 spiro atoms. The lowest BCUT2D eigenvalue weighted by Crippen LogP contribution is -2.28. The normalized spacial score (nSPS) is 14.8. The minimum absolute atomic E-state index is 0.0818. The average molecular weight is 390 g/mol. The third-order valence-electron chi connectivity index (χ3n) is 5.19. The summed E-state index contributed by atoms with van der Waals surface area (Å²) < 4.78 is 5.50. The van der Waals surface area contributed by atoms with E-state index in [0.29, 0.717) is 22.2 Å². The van der Waals surface area contributed by atoms with Crippen LogP contribution < -0.4 is 5.32 Å². The minimum Gasteiger partial charge on any atom is -0.356 e. The van der Waals surface area contributed by atoms with Crippen LogP contribution in [0.2, 0.25) is 5.02 Å². The number of benzene rings is 2. The largest absolute Gasteiger partial charge is 0.356 e. The zero-order chi connectivity index (χ0) is 19.1. The van der Waals surface area contributed by atoms with Gasteiger partial charge in [0.1, 0.15) is 0 Å². The van der Waals surface area contributed by atoms with Crippen molar-refractivity contribution in [1.29, 1.82) is 0 Å². The molecule has 2 heterocycles. The van der Waals surface area contributed by atoms with Gasteiger partial charge in [0.2, 0.25) is 5.91 Å². The van der Waals surface area contributed by atoms with Crippen molar-refractivity contribution in [2.45, 2.75) is 18.3 Å². The van der Waals surface area contributed by atoms with Gasteiger partial charge in [0.25, 0.3) is 0 Å². The zero-order valence-corrected chi connectivity index (χ0v) is 15.6. The van der Waals surface area contributed by atoms with E-state index >= 15 is 0 Å². The van der Waals surface area contributed by atoms with Crippen molar-refractivity contribution in [3.05, 3.63) is 77.6 Å². The molecule has 0 unspecified atom stereocenters. The number of nitrogens with zero attached hydrogens (tertiary/aromatic N) is 2. The fourth-order valence-corrected chi connectivity index (χ4v) is 3.55. The molecule has 28 heavy (non-hydrogen) atoms. The van der Waals surface area contributed by atoms with E-state index in [0.717, 1.165) is 29.3 Å². The summed E-state index contributed by atoms with van der Waals surface area (Å²) in [5.41, 5.74) is 2.36. The molecule has 138 valence electrons. The van der Waals surface area contributed by atoms with Gasteiger partial charge in [-0.15, -0.1) is 0 Å². The summed E-state index contributed by atoms with van der Waals surface area (Å²) in [6.45, 7) is 0. The predicted octanol–water partition coefficient (Wildman–Crippen LogP) is 5.21. The van der Waals surface area contributed by atoms with Gasteiger partial charge in [-0.3, -0.25) is 9.78 Å². The number of halogens is 1. The highest BCUT2D eigenvalue weighted by Gasteiger charge is 2.54. The molecule has 0 bridgehead atoms. The first kappa shape index (κ1) is 17.0. The lowest BCUT2D eigenvalue weighted by Gasteiger charge is -2.13. The van der Waals surface area contributed by atoms with Crippen LogP contribution in [0, 0.1) is 0 Å². The van der Waals surface area contributed by atoms with Crippen molar-refractivity contribution in [2.75, 3.05) is 5.32 Å². The monoisotopic (exact) mass is 389 g/mol. The number of hydrogen-bond donors (Lipinski definition) is 1. The number of fused-ring (bicyclic) bond motifs is 1. The summed E-state index contributed by atoms with van der Waals surface area (Å²) in [6.07, 6.45) is 3.20. The maximum Gasteiger partial charge on any atom is 0.236 e. The first-order valence-corrected chi connectivity index (χ1v) is 9.42. The van der Waals surface area contributed by atoms with Crippen molar-refractivity contribution in [3.63, 3.8) is 0 Å². The van der Waals surface area contributed by atoms with Crippen LogP contribution in [0.5, 0.6) is 0 Å². The highest BCUT2D eigenvalue weighted by atomic mass is 35.5. The fourth-order valence-electron chi connectivity index (χ4n) is 3.42. The van der Waals surface area contributed by atoms with Gasteiger partial charge in [0, 0.05) is 28.2 Å². The van der Waals surface area contributed by atoms with E-state index in [1.807, 2.05) is 48.5 Å². The topological polar surface area (TPSA) is 68.0 Å². The van der Waals surface area contributed by atoms with E-state index in [1.54, 1.807) is 18.3 Å². The summed E-state index contributed by atoms with van der Waals surface area (Å²) in [5.74, 6) is 0.541. The lowest BCUT2D eigenvalue weighted by atomic mass is 10.00. The quantitative estimate of drug-likeness (QED) is 0.520. The van der Waals surface area contributed by atoms with E-state index in [4.69, 9.17) is 16.1 Å². The van der Waals surface area contributed by atoms with Gasteiger partial charge in [0.05, 0.1) is 22.3 Å². The Labute approximate surface area is 166 Å². The first-order chi connectivity index (χ1) is 13.7. The highest BCUT2D eigenvalue weighted by molar-refractivity contribution is 6.30. The number of hydrogen-bond acceptors (Lipinski definition) is 4. The third kappa shape index (κ3) is 2.84. The van der Waals surface area contributed by atoms with Gasteiger partial charge in [-0.1, -0.05) is 35.0 Å². The number of aromatic nitrogens is 2. The second kappa shape index (κ2) is 6.46. The van der Waals surface area contributed by atoms with Crippen molar-refractivity contribution in [3.8, 4) is 11.3 Å². The highest BCUT2D eigenvalue weighted by Crippen LogP contribution is 2.49.